The van der Waals surface area contributed by atoms with Crippen LogP contribution in [-0.4, -0.2) is 56.6 Å². The van der Waals surface area contributed by atoms with E-state index in [1.165, 1.54) is 18.8 Å². The van der Waals surface area contributed by atoms with Crippen molar-refractivity contribution in [3.05, 3.63) is 161 Å². The van der Waals surface area contributed by atoms with Crippen LogP contribution in [0.1, 0.15) is 38.9 Å². The summed E-state index contributed by atoms with van der Waals surface area (Å²) >= 11 is 0. The smallest absolute Gasteiger partial charge is 0.338 e. The monoisotopic (exact) mass is 810 g/mol. The molecule has 0 N–H and O–H groups in total. The molecule has 2 heterocycles. The van der Waals surface area contributed by atoms with Gasteiger partial charge in [0.05, 0.1) is 38.2 Å². The van der Waals surface area contributed by atoms with E-state index in [0.717, 1.165) is 37.9 Å². The lowest BCUT2D eigenvalue weighted by molar-refractivity contribution is -0.0575. The first kappa shape index (κ1) is 38.8. The van der Waals surface area contributed by atoms with Gasteiger partial charge in [0.1, 0.15) is 53.9 Å². The van der Waals surface area contributed by atoms with Crippen molar-refractivity contribution in [1.82, 2.24) is 4.57 Å². The molecule has 0 aliphatic carbocycles. The first-order valence-electron chi connectivity index (χ1n) is 19.6. The molecule has 1 aliphatic rings. The number of methoxy groups -OCH3 is 3. The Morgan fingerprint density at radius 3 is 1.85 bits per heavy atom. The molecule has 8 aromatic rings. The van der Waals surface area contributed by atoms with E-state index in [-0.39, 0.29) is 29.7 Å². The van der Waals surface area contributed by atoms with Crippen molar-refractivity contribution in [2.24, 2.45) is 0 Å². The van der Waals surface area contributed by atoms with Gasteiger partial charge in [-0.1, -0.05) is 66.7 Å². The van der Waals surface area contributed by atoms with E-state index < -0.39 is 35.9 Å². The molecule has 11 nitrogen and oxygen atoms in total. The first-order valence-corrected chi connectivity index (χ1v) is 19.6. The van der Waals surface area contributed by atoms with E-state index in [4.69, 9.17) is 28.4 Å². The fraction of sp³-hybridized carbons (Fsp3) is 0.160. The minimum atomic E-state index is -1.06. The Hall–Kier alpha value is -7.68. The third kappa shape index (κ3) is 7.13. The largest absolute Gasteiger partial charge is 0.497 e. The number of pyridine rings is 1. The van der Waals surface area contributed by atoms with Crippen molar-refractivity contribution < 1.29 is 38.0 Å². The molecule has 1 unspecified atom stereocenters. The lowest BCUT2D eigenvalue weighted by atomic mass is 9.90. The molecule has 1 fully saturated rings. The summed E-state index contributed by atoms with van der Waals surface area (Å²) in [7, 11) is 4.63. The predicted octanol–water partition coefficient (Wildman–Crippen LogP) is 9.35. The maximum Gasteiger partial charge on any atom is 0.338 e. The Balaban J connectivity index is 1.18. The van der Waals surface area contributed by atoms with Crippen LogP contribution in [0.5, 0.6) is 17.2 Å². The van der Waals surface area contributed by atoms with Crippen LogP contribution in [0, 0.1) is 11.3 Å². The third-order valence-corrected chi connectivity index (χ3v) is 11.3. The zero-order valence-corrected chi connectivity index (χ0v) is 33.4. The summed E-state index contributed by atoms with van der Waals surface area (Å²) in [5.74, 6) is 0.488. The molecule has 1 saturated heterocycles. The molecular formula is C50H38N2O9. The van der Waals surface area contributed by atoms with Crippen LogP contribution in [0.2, 0.25) is 0 Å². The van der Waals surface area contributed by atoms with Crippen molar-refractivity contribution in [2.75, 3.05) is 27.9 Å². The zero-order valence-electron chi connectivity index (χ0n) is 33.4. The molecule has 0 bridgehead atoms. The van der Waals surface area contributed by atoms with Gasteiger partial charge in [0.25, 0.3) is 5.56 Å². The molecule has 1 aromatic heterocycles. The molecule has 302 valence electrons. The summed E-state index contributed by atoms with van der Waals surface area (Å²) in [6, 6.07) is 42.6. The maximum absolute atomic E-state index is 15.0. The fourth-order valence-corrected chi connectivity index (χ4v) is 8.22. The third-order valence-electron chi connectivity index (χ3n) is 11.3. The standard InChI is InChI=1S/C50H38N2O9/c1-56-35-17-9-29(10-18-35)40-25-42(38-23-15-32-8-7-30-5-4-6-31-16-24-39(38)47(32)46(30)31)52(48(53)41(40)27-51)45-26-43(61-50(55)34-13-21-37(58-3)22-14-34)44(60-45)28-59-49(54)33-11-19-36(57-2)20-12-33/h4-25,43-45H,26,28H2,1-3H3/t43-,44+,45?/m0/s1. The van der Waals surface area contributed by atoms with Gasteiger partial charge in [0.15, 0.2) is 0 Å². The minimum Gasteiger partial charge on any atom is -0.497 e. The van der Waals surface area contributed by atoms with Gasteiger partial charge in [-0.3, -0.25) is 9.36 Å². The van der Waals surface area contributed by atoms with Crippen LogP contribution in [0.15, 0.2) is 138 Å². The molecule has 0 spiro atoms. The number of ether oxygens (including phenoxy) is 6. The molecule has 11 heteroatoms. The predicted molar refractivity (Wildman–Crippen MR) is 231 cm³/mol. The van der Waals surface area contributed by atoms with Gasteiger partial charge < -0.3 is 28.4 Å². The Kier molecular flexibility index (Phi) is 10.3. The van der Waals surface area contributed by atoms with Gasteiger partial charge in [0, 0.05) is 17.5 Å². The summed E-state index contributed by atoms with van der Waals surface area (Å²) in [4.78, 5) is 42.0. The van der Waals surface area contributed by atoms with Crippen molar-refractivity contribution >= 4 is 44.3 Å². The molecule has 0 amide bonds. The highest BCUT2D eigenvalue weighted by molar-refractivity contribution is 6.25. The Morgan fingerprint density at radius 2 is 1.25 bits per heavy atom. The number of hydrogen-bond donors (Lipinski definition) is 0. The number of nitrogens with zero attached hydrogens (tertiary/aromatic N) is 2. The zero-order chi connectivity index (χ0) is 42.2. The second kappa shape index (κ2) is 16.2. The lowest BCUT2D eigenvalue weighted by Crippen LogP contribution is -2.32. The molecular weight excluding hydrogens is 773 g/mol. The molecule has 0 radical (unpaired) electrons. The number of aromatic nitrogens is 1. The van der Waals surface area contributed by atoms with E-state index in [9.17, 15) is 14.9 Å². The highest BCUT2D eigenvalue weighted by Crippen LogP contribution is 2.42. The number of rotatable bonds is 11. The van der Waals surface area contributed by atoms with Gasteiger partial charge in [-0.2, -0.15) is 5.26 Å². The highest BCUT2D eigenvalue weighted by Gasteiger charge is 2.42. The number of carbonyl (C=O) groups excluding carboxylic acids is 2. The van der Waals surface area contributed by atoms with Gasteiger partial charge in [-0.25, -0.2) is 9.59 Å². The van der Waals surface area contributed by atoms with Gasteiger partial charge in [-0.05, 0) is 105 Å². The van der Waals surface area contributed by atoms with Gasteiger partial charge >= 0.3 is 11.9 Å². The van der Waals surface area contributed by atoms with E-state index in [1.807, 2.05) is 24.3 Å². The van der Waals surface area contributed by atoms with Crippen LogP contribution in [-0.2, 0) is 14.2 Å². The van der Waals surface area contributed by atoms with Crippen LogP contribution >= 0.6 is 0 Å². The van der Waals surface area contributed by atoms with Crippen molar-refractivity contribution in [2.45, 2.75) is 24.9 Å². The number of nitriles is 1. The quantitative estimate of drug-likeness (QED) is 0.0919. The lowest BCUT2D eigenvalue weighted by Gasteiger charge is -2.23. The molecule has 0 saturated carbocycles. The van der Waals surface area contributed by atoms with Crippen LogP contribution in [0.4, 0.5) is 0 Å². The molecule has 7 aromatic carbocycles. The summed E-state index contributed by atoms with van der Waals surface area (Å²) in [5, 5.41) is 16.9. The van der Waals surface area contributed by atoms with E-state index in [2.05, 4.69) is 42.5 Å². The maximum atomic E-state index is 15.0. The summed E-state index contributed by atoms with van der Waals surface area (Å²) in [5.41, 5.74) is 2.12. The fourth-order valence-electron chi connectivity index (χ4n) is 8.22. The van der Waals surface area contributed by atoms with Crippen LogP contribution < -0.4 is 19.8 Å². The SMILES string of the molecule is COc1ccc(C(=O)OC[C@H]2OC(n3c(-c4ccc5ccc6cccc7ccc4c5c67)cc(-c4ccc(OC)cc4)c(C#N)c3=O)C[C@@H]2OC(=O)c2ccc(OC)cc2)cc1. The van der Waals surface area contributed by atoms with Crippen LogP contribution in [0.25, 0.3) is 54.7 Å². The number of esters is 2. The Bertz CT molecular complexity index is 3030. The highest BCUT2D eigenvalue weighted by atomic mass is 16.6. The molecule has 3 atom stereocenters. The summed E-state index contributed by atoms with van der Waals surface area (Å²) in [6.07, 6.45) is -3.03. The van der Waals surface area contributed by atoms with Gasteiger partial charge in [0.2, 0.25) is 0 Å². The Morgan fingerprint density at radius 1 is 0.689 bits per heavy atom. The number of benzene rings is 7. The van der Waals surface area contributed by atoms with Gasteiger partial charge in [-0.15, -0.1) is 0 Å². The van der Waals surface area contributed by atoms with E-state index >= 15 is 4.79 Å². The number of carbonyl (C=O) groups is 2. The summed E-state index contributed by atoms with van der Waals surface area (Å²) in [6.45, 7) is -0.306. The summed E-state index contributed by atoms with van der Waals surface area (Å²) < 4.78 is 35.9. The average Bonchev–Trinajstić information content (AvgIpc) is 3.70. The van der Waals surface area contributed by atoms with Crippen molar-refractivity contribution in [1.29, 1.82) is 5.26 Å². The van der Waals surface area contributed by atoms with E-state index in [1.54, 1.807) is 79.9 Å². The van der Waals surface area contributed by atoms with Crippen molar-refractivity contribution in [3.63, 3.8) is 0 Å². The van der Waals surface area contributed by atoms with Crippen molar-refractivity contribution in [3.8, 4) is 45.7 Å². The topological polar surface area (TPSA) is 135 Å². The second-order valence-electron chi connectivity index (χ2n) is 14.7. The average molecular weight is 811 g/mol. The Labute approximate surface area is 350 Å². The minimum absolute atomic E-state index is 0.00185. The normalized spacial score (nSPS) is 16.1. The van der Waals surface area contributed by atoms with E-state index in [0.29, 0.717) is 34.1 Å². The van der Waals surface area contributed by atoms with Crippen LogP contribution in [0.3, 0.4) is 0 Å². The molecule has 1 aliphatic heterocycles. The number of hydrogen-bond acceptors (Lipinski definition) is 10. The first-order chi connectivity index (χ1) is 29.8. The molecule has 9 rings (SSSR count). The molecule has 61 heavy (non-hydrogen) atoms. The second-order valence-corrected chi connectivity index (χ2v) is 14.7.